The van der Waals surface area contributed by atoms with Crippen LogP contribution in [0, 0.1) is 0 Å². The molecule has 0 saturated carbocycles. The maximum absolute atomic E-state index is 5.71. The van der Waals surface area contributed by atoms with E-state index in [1.165, 1.54) is 0 Å². The normalized spacial score (nSPS) is 12.5. The minimum atomic E-state index is 0.140. The summed E-state index contributed by atoms with van der Waals surface area (Å²) in [5.74, 6) is 0.713. The molecule has 0 aliphatic rings. The van der Waals surface area contributed by atoms with Gasteiger partial charge in [0.05, 0.1) is 6.61 Å². The second-order valence-electron chi connectivity index (χ2n) is 3.99. The van der Waals surface area contributed by atoms with E-state index in [4.69, 9.17) is 10.5 Å². The van der Waals surface area contributed by atoms with Crippen LogP contribution in [-0.2, 0) is 11.2 Å². The van der Waals surface area contributed by atoms with Gasteiger partial charge in [0.2, 0.25) is 5.95 Å². The van der Waals surface area contributed by atoms with Gasteiger partial charge in [0.25, 0.3) is 0 Å². The molecule has 0 radical (unpaired) electrons. The molecule has 0 spiro atoms. The van der Waals surface area contributed by atoms with E-state index in [2.05, 4.69) is 9.97 Å². The maximum atomic E-state index is 5.71. The van der Waals surface area contributed by atoms with E-state index in [9.17, 15) is 0 Å². The van der Waals surface area contributed by atoms with E-state index in [0.29, 0.717) is 12.6 Å². The molecule has 1 aromatic heterocycles. The minimum Gasteiger partial charge on any atom is -0.383 e. The van der Waals surface area contributed by atoms with Gasteiger partial charge in [-0.3, -0.25) is 0 Å². The average molecular weight is 224 g/mol. The molecule has 0 aliphatic carbocycles. The summed E-state index contributed by atoms with van der Waals surface area (Å²) in [4.78, 5) is 10.5. The predicted molar refractivity (Wildman–Crippen MR) is 64.5 cm³/mol. The fourth-order valence-corrected chi connectivity index (χ4v) is 1.35. The SMILES string of the molecule is COCCN(C)c1ncc(CC(C)N)cn1. The lowest BCUT2D eigenvalue weighted by Crippen LogP contribution is -2.24. The average Bonchev–Trinajstić information content (AvgIpc) is 2.26. The van der Waals surface area contributed by atoms with E-state index < -0.39 is 0 Å². The third kappa shape index (κ3) is 4.12. The number of hydrogen-bond donors (Lipinski definition) is 1. The molecule has 5 nitrogen and oxygen atoms in total. The van der Waals surface area contributed by atoms with Gasteiger partial charge in [-0.2, -0.15) is 0 Å². The monoisotopic (exact) mass is 224 g/mol. The lowest BCUT2D eigenvalue weighted by Gasteiger charge is -2.16. The molecule has 0 saturated heterocycles. The van der Waals surface area contributed by atoms with Crippen LogP contribution >= 0.6 is 0 Å². The third-order valence-corrected chi connectivity index (χ3v) is 2.22. The van der Waals surface area contributed by atoms with Gasteiger partial charge in [0.1, 0.15) is 0 Å². The summed E-state index contributed by atoms with van der Waals surface area (Å²) in [6, 6.07) is 0.140. The molecule has 5 heteroatoms. The Kier molecular flexibility index (Phi) is 5.14. The van der Waals surface area contributed by atoms with E-state index >= 15 is 0 Å². The van der Waals surface area contributed by atoms with Crippen LogP contribution < -0.4 is 10.6 Å². The lowest BCUT2D eigenvalue weighted by molar-refractivity contribution is 0.206. The first kappa shape index (κ1) is 12.9. The second-order valence-corrected chi connectivity index (χ2v) is 3.99. The number of likely N-dealkylation sites (N-methyl/N-ethyl adjacent to an activating group) is 1. The molecule has 2 N–H and O–H groups in total. The largest absolute Gasteiger partial charge is 0.383 e. The quantitative estimate of drug-likeness (QED) is 0.760. The molecular formula is C11H20N4O. The highest BCUT2D eigenvalue weighted by atomic mass is 16.5. The molecule has 0 bridgehead atoms. The molecule has 90 valence electrons. The molecule has 1 unspecified atom stereocenters. The first-order chi connectivity index (χ1) is 7.63. The second kappa shape index (κ2) is 6.40. The van der Waals surface area contributed by atoms with Crippen molar-refractivity contribution in [2.75, 3.05) is 32.2 Å². The molecule has 1 rings (SSSR count). The van der Waals surface area contributed by atoms with Crippen LogP contribution in [0.5, 0.6) is 0 Å². The number of nitrogens with zero attached hydrogens (tertiary/aromatic N) is 3. The Morgan fingerprint density at radius 2 is 2.06 bits per heavy atom. The van der Waals surface area contributed by atoms with Crippen LogP contribution in [-0.4, -0.2) is 43.3 Å². The minimum absolute atomic E-state index is 0.140. The lowest BCUT2D eigenvalue weighted by atomic mass is 10.1. The van der Waals surface area contributed by atoms with Gasteiger partial charge in [-0.25, -0.2) is 9.97 Å². The fourth-order valence-electron chi connectivity index (χ4n) is 1.35. The highest BCUT2D eigenvalue weighted by Crippen LogP contribution is 2.06. The molecule has 0 aromatic carbocycles. The summed E-state index contributed by atoms with van der Waals surface area (Å²) < 4.78 is 5.00. The van der Waals surface area contributed by atoms with Gasteiger partial charge in [-0.15, -0.1) is 0 Å². The molecule has 16 heavy (non-hydrogen) atoms. The molecular weight excluding hydrogens is 204 g/mol. The first-order valence-electron chi connectivity index (χ1n) is 5.40. The van der Waals surface area contributed by atoms with E-state index in [0.717, 1.165) is 18.5 Å². The number of hydrogen-bond acceptors (Lipinski definition) is 5. The van der Waals surface area contributed by atoms with Crippen molar-refractivity contribution in [3.63, 3.8) is 0 Å². The highest BCUT2D eigenvalue weighted by molar-refractivity contribution is 5.28. The van der Waals surface area contributed by atoms with Gasteiger partial charge in [0, 0.05) is 39.1 Å². The van der Waals surface area contributed by atoms with Crippen LogP contribution in [0.2, 0.25) is 0 Å². The number of ether oxygens (including phenoxy) is 1. The summed E-state index contributed by atoms with van der Waals surface area (Å²) in [7, 11) is 3.63. The van der Waals surface area contributed by atoms with Crippen LogP contribution in [0.15, 0.2) is 12.4 Å². The van der Waals surface area contributed by atoms with Crippen molar-refractivity contribution >= 4 is 5.95 Å². The Balaban J connectivity index is 2.56. The Bertz CT molecular complexity index is 299. The summed E-state index contributed by atoms with van der Waals surface area (Å²) in [5, 5.41) is 0. The Morgan fingerprint density at radius 3 is 2.56 bits per heavy atom. The Labute approximate surface area is 96.6 Å². The zero-order valence-corrected chi connectivity index (χ0v) is 10.2. The van der Waals surface area contributed by atoms with Crippen LogP contribution in [0.1, 0.15) is 12.5 Å². The van der Waals surface area contributed by atoms with Crippen LogP contribution in [0.25, 0.3) is 0 Å². The van der Waals surface area contributed by atoms with Gasteiger partial charge in [-0.05, 0) is 18.9 Å². The number of aromatic nitrogens is 2. The van der Waals surface area contributed by atoms with Crippen LogP contribution in [0.3, 0.4) is 0 Å². The van der Waals surface area contributed by atoms with Crippen molar-refractivity contribution < 1.29 is 4.74 Å². The Hall–Kier alpha value is -1.20. The topological polar surface area (TPSA) is 64.3 Å². The van der Waals surface area contributed by atoms with Crippen molar-refractivity contribution in [1.29, 1.82) is 0 Å². The highest BCUT2D eigenvalue weighted by Gasteiger charge is 2.04. The van der Waals surface area contributed by atoms with Crippen LogP contribution in [0.4, 0.5) is 5.95 Å². The van der Waals surface area contributed by atoms with Crippen molar-refractivity contribution in [2.24, 2.45) is 5.73 Å². The molecule has 0 amide bonds. The Morgan fingerprint density at radius 1 is 1.44 bits per heavy atom. The third-order valence-electron chi connectivity index (χ3n) is 2.22. The smallest absolute Gasteiger partial charge is 0.225 e. The summed E-state index contributed by atoms with van der Waals surface area (Å²) in [6.07, 6.45) is 4.46. The molecule has 0 aliphatic heterocycles. The van der Waals surface area contributed by atoms with E-state index in [1.54, 1.807) is 7.11 Å². The summed E-state index contributed by atoms with van der Waals surface area (Å²) >= 11 is 0. The number of anilines is 1. The molecule has 1 atom stereocenters. The molecule has 0 fully saturated rings. The van der Waals surface area contributed by atoms with E-state index in [-0.39, 0.29) is 6.04 Å². The van der Waals surface area contributed by atoms with Gasteiger partial charge >= 0.3 is 0 Å². The number of methoxy groups -OCH3 is 1. The van der Waals surface area contributed by atoms with E-state index in [1.807, 2.05) is 31.3 Å². The first-order valence-corrected chi connectivity index (χ1v) is 5.40. The zero-order chi connectivity index (χ0) is 12.0. The van der Waals surface area contributed by atoms with Crippen molar-refractivity contribution in [1.82, 2.24) is 9.97 Å². The van der Waals surface area contributed by atoms with Crippen molar-refractivity contribution in [3.8, 4) is 0 Å². The van der Waals surface area contributed by atoms with Crippen molar-refractivity contribution in [3.05, 3.63) is 18.0 Å². The number of nitrogens with two attached hydrogens (primary N) is 1. The summed E-state index contributed by atoms with van der Waals surface area (Å²) in [5.41, 5.74) is 6.77. The standard InChI is InChI=1S/C11H20N4O/c1-9(12)6-10-7-13-11(14-8-10)15(2)4-5-16-3/h7-9H,4-6,12H2,1-3H3. The fraction of sp³-hybridized carbons (Fsp3) is 0.636. The van der Waals surface area contributed by atoms with Gasteiger partial charge in [-0.1, -0.05) is 0 Å². The summed E-state index contributed by atoms with van der Waals surface area (Å²) in [6.45, 7) is 3.42. The van der Waals surface area contributed by atoms with Crippen molar-refractivity contribution in [2.45, 2.75) is 19.4 Å². The van der Waals surface area contributed by atoms with Gasteiger partial charge in [0.15, 0.2) is 0 Å². The van der Waals surface area contributed by atoms with Gasteiger partial charge < -0.3 is 15.4 Å². The number of rotatable bonds is 6. The maximum Gasteiger partial charge on any atom is 0.225 e. The molecule has 1 heterocycles. The zero-order valence-electron chi connectivity index (χ0n) is 10.2. The predicted octanol–water partition coefficient (Wildman–Crippen LogP) is 0.449. The molecule has 1 aromatic rings.